The van der Waals surface area contributed by atoms with E-state index in [4.69, 9.17) is 9.15 Å². The normalized spacial score (nSPS) is 20.5. The highest BCUT2D eigenvalue weighted by Crippen LogP contribution is 2.25. The quantitative estimate of drug-likeness (QED) is 0.799. The van der Waals surface area contributed by atoms with Crippen molar-refractivity contribution >= 4 is 5.97 Å². The summed E-state index contributed by atoms with van der Waals surface area (Å²) in [5.74, 6) is 1.43. The Hall–Kier alpha value is -1.36. The molecule has 118 valence electrons. The van der Waals surface area contributed by atoms with E-state index in [1.807, 2.05) is 6.92 Å². The Morgan fingerprint density at radius 1 is 1.48 bits per heavy atom. The Bertz CT molecular complexity index is 476. The van der Waals surface area contributed by atoms with Gasteiger partial charge in [-0.25, -0.2) is 4.98 Å². The zero-order chi connectivity index (χ0) is 15.5. The van der Waals surface area contributed by atoms with Crippen LogP contribution in [0.15, 0.2) is 10.6 Å². The van der Waals surface area contributed by atoms with Crippen LogP contribution in [0.5, 0.6) is 0 Å². The van der Waals surface area contributed by atoms with Gasteiger partial charge in [-0.05, 0) is 26.3 Å². The van der Waals surface area contributed by atoms with Crippen LogP contribution in [-0.4, -0.2) is 35.0 Å². The number of carbonyl (C=O) groups is 1. The Kier molecular flexibility index (Phi) is 5.04. The maximum absolute atomic E-state index is 12.0. The fourth-order valence-corrected chi connectivity index (χ4v) is 2.59. The molecule has 1 aliphatic rings. The van der Waals surface area contributed by atoms with Crippen molar-refractivity contribution in [2.75, 3.05) is 13.2 Å². The standard InChI is InChI=1S/C16H26N2O3/c1-5-20-15(19)12-8-6-7-9-18(12)11-14-17-10-13(21-14)16(2,3)4/h10,12H,5-9,11H2,1-4H3. The van der Waals surface area contributed by atoms with Gasteiger partial charge in [0.15, 0.2) is 0 Å². The minimum Gasteiger partial charge on any atom is -0.465 e. The third kappa shape index (κ3) is 4.06. The Morgan fingerprint density at radius 2 is 2.24 bits per heavy atom. The summed E-state index contributed by atoms with van der Waals surface area (Å²) in [6.07, 6.45) is 4.81. The molecule has 1 saturated heterocycles. The molecule has 0 bridgehead atoms. The first-order valence-electron chi connectivity index (χ1n) is 7.77. The maximum Gasteiger partial charge on any atom is 0.323 e. The summed E-state index contributed by atoms with van der Waals surface area (Å²) in [5.41, 5.74) is -0.0479. The zero-order valence-electron chi connectivity index (χ0n) is 13.5. The SMILES string of the molecule is CCOC(=O)C1CCCCN1Cc1ncc(C(C)(C)C)o1. The molecule has 1 aromatic heterocycles. The third-order valence-corrected chi connectivity index (χ3v) is 3.80. The lowest BCUT2D eigenvalue weighted by atomic mass is 9.94. The summed E-state index contributed by atoms with van der Waals surface area (Å²) < 4.78 is 11.0. The lowest BCUT2D eigenvalue weighted by Crippen LogP contribution is -2.45. The van der Waals surface area contributed by atoms with Crippen molar-refractivity contribution in [2.24, 2.45) is 0 Å². The molecule has 1 aliphatic heterocycles. The topological polar surface area (TPSA) is 55.6 Å². The average molecular weight is 294 g/mol. The summed E-state index contributed by atoms with van der Waals surface area (Å²) in [4.78, 5) is 18.5. The van der Waals surface area contributed by atoms with Crippen molar-refractivity contribution in [1.29, 1.82) is 0 Å². The van der Waals surface area contributed by atoms with E-state index in [2.05, 4.69) is 30.7 Å². The van der Waals surface area contributed by atoms with E-state index in [9.17, 15) is 4.79 Å². The number of hydrogen-bond acceptors (Lipinski definition) is 5. The number of ether oxygens (including phenoxy) is 1. The first kappa shape index (κ1) is 16.0. The van der Waals surface area contributed by atoms with Crippen LogP contribution >= 0.6 is 0 Å². The smallest absolute Gasteiger partial charge is 0.323 e. The molecule has 1 aromatic rings. The summed E-state index contributed by atoms with van der Waals surface area (Å²) in [7, 11) is 0. The van der Waals surface area contributed by atoms with Crippen LogP contribution in [0.1, 0.15) is 58.6 Å². The zero-order valence-corrected chi connectivity index (χ0v) is 13.5. The molecule has 1 atom stereocenters. The second-order valence-corrected chi connectivity index (χ2v) is 6.60. The molecule has 0 aromatic carbocycles. The molecular weight excluding hydrogens is 268 g/mol. The van der Waals surface area contributed by atoms with Gasteiger partial charge in [0, 0.05) is 5.41 Å². The second-order valence-electron chi connectivity index (χ2n) is 6.60. The summed E-state index contributed by atoms with van der Waals surface area (Å²) in [6, 6.07) is -0.163. The minimum absolute atomic E-state index is 0.0479. The molecule has 0 N–H and O–H groups in total. The first-order valence-corrected chi connectivity index (χ1v) is 7.77. The molecule has 2 rings (SSSR count). The molecule has 0 saturated carbocycles. The van der Waals surface area contributed by atoms with Gasteiger partial charge in [0.2, 0.25) is 5.89 Å². The van der Waals surface area contributed by atoms with Crippen molar-refractivity contribution in [2.45, 2.75) is 65.0 Å². The number of hydrogen-bond donors (Lipinski definition) is 0. The summed E-state index contributed by atoms with van der Waals surface area (Å²) in [5, 5.41) is 0. The van der Waals surface area contributed by atoms with Crippen LogP contribution in [-0.2, 0) is 21.5 Å². The van der Waals surface area contributed by atoms with Gasteiger partial charge >= 0.3 is 5.97 Å². The minimum atomic E-state index is -0.163. The Labute approximate surface area is 126 Å². The number of piperidine rings is 1. The van der Waals surface area contributed by atoms with E-state index < -0.39 is 0 Å². The van der Waals surface area contributed by atoms with E-state index in [1.54, 1.807) is 6.20 Å². The van der Waals surface area contributed by atoms with Gasteiger partial charge in [-0.1, -0.05) is 27.2 Å². The highest BCUT2D eigenvalue weighted by molar-refractivity contribution is 5.75. The van der Waals surface area contributed by atoms with Gasteiger partial charge in [-0.3, -0.25) is 9.69 Å². The van der Waals surface area contributed by atoms with Gasteiger partial charge in [0.05, 0.1) is 19.3 Å². The lowest BCUT2D eigenvalue weighted by molar-refractivity contribution is -0.151. The van der Waals surface area contributed by atoms with Crippen LogP contribution in [0, 0.1) is 0 Å². The molecule has 2 heterocycles. The largest absolute Gasteiger partial charge is 0.465 e. The maximum atomic E-state index is 12.0. The first-order chi connectivity index (χ1) is 9.91. The van der Waals surface area contributed by atoms with E-state index in [0.717, 1.165) is 31.6 Å². The van der Waals surface area contributed by atoms with Crippen molar-refractivity contribution in [3.63, 3.8) is 0 Å². The molecule has 21 heavy (non-hydrogen) atoms. The predicted molar refractivity (Wildman–Crippen MR) is 79.9 cm³/mol. The molecule has 0 spiro atoms. The van der Waals surface area contributed by atoms with Crippen molar-refractivity contribution < 1.29 is 13.9 Å². The Balaban J connectivity index is 2.05. The van der Waals surface area contributed by atoms with Gasteiger partial charge < -0.3 is 9.15 Å². The molecule has 0 amide bonds. The number of esters is 1. The van der Waals surface area contributed by atoms with Crippen LogP contribution in [0.3, 0.4) is 0 Å². The number of rotatable bonds is 4. The number of oxazole rings is 1. The number of carbonyl (C=O) groups excluding carboxylic acids is 1. The average Bonchev–Trinajstić information content (AvgIpc) is 2.88. The fourth-order valence-electron chi connectivity index (χ4n) is 2.59. The Morgan fingerprint density at radius 3 is 2.86 bits per heavy atom. The van der Waals surface area contributed by atoms with Crippen molar-refractivity contribution in [1.82, 2.24) is 9.88 Å². The molecular formula is C16H26N2O3. The van der Waals surface area contributed by atoms with Crippen molar-refractivity contribution in [3.8, 4) is 0 Å². The molecule has 5 heteroatoms. The number of aromatic nitrogens is 1. The van der Waals surface area contributed by atoms with Crippen LogP contribution < -0.4 is 0 Å². The van der Waals surface area contributed by atoms with Crippen LogP contribution in [0.25, 0.3) is 0 Å². The second kappa shape index (κ2) is 6.60. The van der Waals surface area contributed by atoms with Gasteiger partial charge in [0.1, 0.15) is 11.8 Å². The highest BCUT2D eigenvalue weighted by Gasteiger charge is 2.31. The molecule has 1 unspecified atom stereocenters. The van der Waals surface area contributed by atoms with E-state index >= 15 is 0 Å². The summed E-state index contributed by atoms with van der Waals surface area (Å²) in [6.45, 7) is 10.0. The fraction of sp³-hybridized carbons (Fsp3) is 0.750. The monoisotopic (exact) mass is 294 g/mol. The van der Waals surface area contributed by atoms with Gasteiger partial charge in [-0.2, -0.15) is 0 Å². The van der Waals surface area contributed by atoms with Crippen LogP contribution in [0.4, 0.5) is 0 Å². The molecule has 0 aliphatic carbocycles. The van der Waals surface area contributed by atoms with E-state index in [0.29, 0.717) is 19.0 Å². The van der Waals surface area contributed by atoms with E-state index in [-0.39, 0.29) is 17.4 Å². The van der Waals surface area contributed by atoms with E-state index in [1.165, 1.54) is 0 Å². The van der Waals surface area contributed by atoms with Crippen LogP contribution in [0.2, 0.25) is 0 Å². The van der Waals surface area contributed by atoms with Gasteiger partial charge in [0.25, 0.3) is 0 Å². The lowest BCUT2D eigenvalue weighted by Gasteiger charge is -2.32. The third-order valence-electron chi connectivity index (χ3n) is 3.80. The molecule has 5 nitrogen and oxygen atoms in total. The van der Waals surface area contributed by atoms with Crippen molar-refractivity contribution in [3.05, 3.63) is 17.8 Å². The predicted octanol–water partition coefficient (Wildman–Crippen LogP) is 2.89. The van der Waals surface area contributed by atoms with Gasteiger partial charge in [-0.15, -0.1) is 0 Å². The molecule has 0 radical (unpaired) electrons. The summed E-state index contributed by atoms with van der Waals surface area (Å²) >= 11 is 0. The number of likely N-dealkylation sites (tertiary alicyclic amines) is 1. The highest BCUT2D eigenvalue weighted by atomic mass is 16.5. The number of nitrogens with zero attached hydrogens (tertiary/aromatic N) is 2. The molecule has 1 fully saturated rings.